The Bertz CT molecular complexity index is 1050. The van der Waals surface area contributed by atoms with Gasteiger partial charge in [-0.15, -0.1) is 0 Å². The molecule has 2 rings (SSSR count). The summed E-state index contributed by atoms with van der Waals surface area (Å²) in [5.41, 5.74) is 0.834. The van der Waals surface area contributed by atoms with E-state index in [0.29, 0.717) is 13.0 Å². The minimum atomic E-state index is -0.977. The fraction of sp³-hybridized carbons (Fsp3) is 0.688. The van der Waals surface area contributed by atoms with Crippen molar-refractivity contribution >= 4 is 23.9 Å². The van der Waals surface area contributed by atoms with Crippen LogP contribution in [0.5, 0.6) is 0 Å². The molecule has 1 aliphatic rings. The van der Waals surface area contributed by atoms with Gasteiger partial charge >= 0.3 is 12.1 Å². The van der Waals surface area contributed by atoms with Crippen LogP contribution in [0.4, 0.5) is 4.79 Å². The van der Waals surface area contributed by atoms with Gasteiger partial charge in [-0.25, -0.2) is 4.79 Å². The first kappa shape index (κ1) is 36.0. The maximum Gasteiger partial charge on any atom is 0.408 e. The lowest BCUT2D eigenvalue weighted by Crippen LogP contribution is -2.57. The molecule has 0 bridgehead atoms. The van der Waals surface area contributed by atoms with Crippen LogP contribution in [0.2, 0.25) is 0 Å². The predicted octanol–water partition coefficient (Wildman–Crippen LogP) is 3.94. The molecule has 6 unspecified atom stereocenters. The topological polar surface area (TPSA) is 135 Å². The molecule has 1 aromatic rings. The molecule has 3 amide bonds. The lowest BCUT2D eigenvalue weighted by atomic mass is 9.89. The molecule has 11 heteroatoms. The third-order valence-electron chi connectivity index (χ3n) is 8.65. The van der Waals surface area contributed by atoms with E-state index in [1.165, 1.54) is 14.2 Å². The molecule has 1 heterocycles. The van der Waals surface area contributed by atoms with E-state index in [9.17, 15) is 24.3 Å². The third kappa shape index (κ3) is 9.66. The number of hydrogen-bond acceptors (Lipinski definition) is 7. The second-order valence-corrected chi connectivity index (χ2v) is 11.9. The van der Waals surface area contributed by atoms with Crippen LogP contribution in [0.15, 0.2) is 30.3 Å². The maximum absolute atomic E-state index is 13.9. The number of carboxylic acids is 1. The molecular weight excluding hydrogens is 554 g/mol. The normalized spacial score (nSPS) is 19.2. The van der Waals surface area contributed by atoms with Crippen molar-refractivity contribution in [3.8, 4) is 0 Å². The smallest absolute Gasteiger partial charge is 0.408 e. The molecular formula is C32H51N3O8. The summed E-state index contributed by atoms with van der Waals surface area (Å²) in [7, 11) is 4.67. The Morgan fingerprint density at radius 3 is 2.26 bits per heavy atom. The van der Waals surface area contributed by atoms with Gasteiger partial charge in [-0.2, -0.15) is 0 Å². The summed E-state index contributed by atoms with van der Waals surface area (Å²) in [6, 6.07) is 7.61. The van der Waals surface area contributed by atoms with Crippen LogP contribution in [-0.2, 0) is 35.2 Å². The first-order valence-corrected chi connectivity index (χ1v) is 15.2. The first-order chi connectivity index (χ1) is 20.4. The van der Waals surface area contributed by atoms with Crippen LogP contribution in [0.25, 0.3) is 0 Å². The monoisotopic (exact) mass is 605 g/mol. The number of alkyl carbamates (subject to hydrolysis) is 1. The Kier molecular flexibility index (Phi) is 14.4. The molecule has 11 nitrogen and oxygen atoms in total. The number of amides is 3. The molecule has 0 saturated carbocycles. The van der Waals surface area contributed by atoms with Crippen LogP contribution >= 0.6 is 0 Å². The van der Waals surface area contributed by atoms with Crippen molar-refractivity contribution in [1.29, 1.82) is 0 Å². The predicted molar refractivity (Wildman–Crippen MR) is 162 cm³/mol. The highest BCUT2D eigenvalue weighted by atomic mass is 16.5. The molecule has 2 N–H and O–H groups in total. The van der Waals surface area contributed by atoms with Gasteiger partial charge in [0.2, 0.25) is 11.8 Å². The molecule has 0 aliphatic carbocycles. The van der Waals surface area contributed by atoms with Crippen molar-refractivity contribution in [1.82, 2.24) is 15.1 Å². The molecule has 1 aromatic carbocycles. The molecule has 43 heavy (non-hydrogen) atoms. The SMILES string of the molecule is CCC(C)C(C(CC(=O)N1CCC[C@H]1C(OC)C(C)C(=O)O)OC)N(C)C(=O)C(NC(=O)OCc1ccccc1)C(C)C. The highest BCUT2D eigenvalue weighted by molar-refractivity contribution is 5.86. The quantitative estimate of drug-likeness (QED) is 0.289. The number of hydrogen-bond donors (Lipinski definition) is 2. The standard InChI is InChI=1S/C32H51N3O8/c1-9-21(4)28(25(41-7)18-26(36)35-17-13-16-24(35)29(42-8)22(5)31(38)39)34(6)30(37)27(20(2)3)33-32(40)43-19-23-14-11-10-12-15-23/h10-12,14-15,20-22,24-25,27-29H,9,13,16-19H2,1-8H3,(H,33,40)(H,38,39)/t21?,22?,24-,25?,27?,28?,29?/m0/s1. The van der Waals surface area contributed by atoms with Gasteiger partial charge < -0.3 is 34.4 Å². The van der Waals surface area contributed by atoms with E-state index in [4.69, 9.17) is 14.2 Å². The Hall–Kier alpha value is -3.18. The van der Waals surface area contributed by atoms with Crippen LogP contribution < -0.4 is 5.32 Å². The van der Waals surface area contributed by atoms with Crippen LogP contribution in [0.3, 0.4) is 0 Å². The van der Waals surface area contributed by atoms with Gasteiger partial charge in [0.25, 0.3) is 0 Å². The summed E-state index contributed by atoms with van der Waals surface area (Å²) in [5.74, 6) is -2.50. The second-order valence-electron chi connectivity index (χ2n) is 11.9. The summed E-state index contributed by atoms with van der Waals surface area (Å²) in [6.07, 6.45) is 0.170. The zero-order chi connectivity index (χ0) is 32.3. The number of methoxy groups -OCH3 is 2. The zero-order valence-electron chi connectivity index (χ0n) is 26.9. The largest absolute Gasteiger partial charge is 0.481 e. The number of rotatable bonds is 16. The summed E-state index contributed by atoms with van der Waals surface area (Å²) >= 11 is 0. The van der Waals surface area contributed by atoms with E-state index >= 15 is 0 Å². The molecule has 7 atom stereocenters. The number of aliphatic carboxylic acids is 1. The molecule has 1 fully saturated rings. The summed E-state index contributed by atoms with van der Waals surface area (Å²) in [4.78, 5) is 55.2. The van der Waals surface area contributed by atoms with Gasteiger partial charge in [0.05, 0.1) is 36.6 Å². The van der Waals surface area contributed by atoms with Gasteiger partial charge in [0.1, 0.15) is 12.6 Å². The van der Waals surface area contributed by atoms with Gasteiger partial charge in [-0.05, 0) is 37.2 Å². The minimum Gasteiger partial charge on any atom is -0.481 e. The molecule has 0 aromatic heterocycles. The van der Waals surface area contributed by atoms with E-state index in [1.807, 2.05) is 58.0 Å². The minimum absolute atomic E-state index is 0.0103. The van der Waals surface area contributed by atoms with E-state index in [2.05, 4.69) is 5.32 Å². The third-order valence-corrected chi connectivity index (χ3v) is 8.65. The van der Waals surface area contributed by atoms with E-state index < -0.39 is 42.3 Å². The van der Waals surface area contributed by atoms with Crippen LogP contribution in [0, 0.1) is 17.8 Å². The number of benzene rings is 1. The van der Waals surface area contributed by atoms with Gasteiger partial charge in [0.15, 0.2) is 0 Å². The Morgan fingerprint density at radius 2 is 1.72 bits per heavy atom. The lowest BCUT2D eigenvalue weighted by Gasteiger charge is -2.40. The number of nitrogens with one attached hydrogen (secondary N) is 1. The molecule has 1 aliphatic heterocycles. The summed E-state index contributed by atoms with van der Waals surface area (Å²) in [6.45, 7) is 9.88. The number of carbonyl (C=O) groups excluding carboxylic acids is 3. The molecule has 1 saturated heterocycles. The van der Waals surface area contributed by atoms with Crippen molar-refractivity contribution in [3.63, 3.8) is 0 Å². The van der Waals surface area contributed by atoms with Crippen LogP contribution in [0.1, 0.15) is 65.9 Å². The average molecular weight is 606 g/mol. The number of likely N-dealkylation sites (N-methyl/N-ethyl adjacent to an activating group) is 1. The number of carbonyl (C=O) groups is 4. The maximum atomic E-state index is 13.9. The number of nitrogens with zero attached hydrogens (tertiary/aromatic N) is 2. The van der Waals surface area contributed by atoms with Gasteiger partial charge in [-0.1, -0.05) is 64.4 Å². The highest BCUT2D eigenvalue weighted by Gasteiger charge is 2.42. The number of carboxylic acid groups (broad SMARTS) is 1. The summed E-state index contributed by atoms with van der Waals surface area (Å²) < 4.78 is 16.8. The van der Waals surface area contributed by atoms with Crippen molar-refractivity contribution in [2.45, 2.75) is 97.2 Å². The van der Waals surface area contributed by atoms with Crippen LogP contribution in [-0.4, -0.2) is 96.9 Å². The Labute approximate surface area is 256 Å². The number of likely N-dealkylation sites (tertiary alicyclic amines) is 1. The Balaban J connectivity index is 2.20. The second kappa shape index (κ2) is 17.2. The summed E-state index contributed by atoms with van der Waals surface area (Å²) in [5, 5.41) is 12.3. The fourth-order valence-electron chi connectivity index (χ4n) is 5.92. The van der Waals surface area contributed by atoms with E-state index in [0.717, 1.165) is 18.4 Å². The van der Waals surface area contributed by atoms with Crippen molar-refractivity contribution in [3.05, 3.63) is 35.9 Å². The first-order valence-electron chi connectivity index (χ1n) is 15.2. The van der Waals surface area contributed by atoms with E-state index in [-0.39, 0.29) is 42.7 Å². The zero-order valence-corrected chi connectivity index (χ0v) is 26.9. The lowest BCUT2D eigenvalue weighted by molar-refractivity contribution is -0.152. The van der Waals surface area contributed by atoms with E-state index in [1.54, 1.807) is 23.8 Å². The van der Waals surface area contributed by atoms with Crippen molar-refractivity contribution in [2.24, 2.45) is 17.8 Å². The molecule has 242 valence electrons. The molecule has 0 spiro atoms. The van der Waals surface area contributed by atoms with Gasteiger partial charge in [-0.3, -0.25) is 14.4 Å². The highest BCUT2D eigenvalue weighted by Crippen LogP contribution is 2.29. The molecule has 0 radical (unpaired) electrons. The Morgan fingerprint density at radius 1 is 1.07 bits per heavy atom. The average Bonchev–Trinajstić information content (AvgIpc) is 3.48. The van der Waals surface area contributed by atoms with Gasteiger partial charge in [0, 0.05) is 27.8 Å². The number of ether oxygens (including phenoxy) is 3. The van der Waals surface area contributed by atoms with Crippen molar-refractivity contribution in [2.75, 3.05) is 27.8 Å². The fourth-order valence-corrected chi connectivity index (χ4v) is 5.92. The van der Waals surface area contributed by atoms with Crippen molar-refractivity contribution < 1.29 is 38.5 Å².